The Balaban J connectivity index is 0.938. The standard InChI is InChI=1S/C43H35FN8O2S4/c1-28(30-9-4-2-5-10-30)52-41(48-50-43(52)57-27-39(54)45-33-11-6-3-7-12-33)37-23-22-35(58-37)31-16-20-34(21-17-31)46-38(53)26-56-42-49-47-40(36-13-8-24-55-36)51(42)25-29-14-18-32(44)19-15-29/h2-24,28H,25-27H2,1H3,(H,45,54)(H,46,53). The molecule has 1 unspecified atom stereocenters. The molecule has 0 fully saturated rings. The summed E-state index contributed by atoms with van der Waals surface area (Å²) in [4.78, 5) is 28.9. The summed E-state index contributed by atoms with van der Waals surface area (Å²) in [5.74, 6) is 1.13. The van der Waals surface area contributed by atoms with Crippen LogP contribution in [0.15, 0.2) is 149 Å². The zero-order chi connectivity index (χ0) is 39.8. The van der Waals surface area contributed by atoms with E-state index in [1.165, 1.54) is 35.7 Å². The van der Waals surface area contributed by atoms with Gasteiger partial charge < -0.3 is 10.6 Å². The molecule has 4 aromatic heterocycles. The third kappa shape index (κ3) is 9.29. The van der Waals surface area contributed by atoms with Gasteiger partial charge >= 0.3 is 0 Å². The summed E-state index contributed by atoms with van der Waals surface area (Å²) in [5.41, 5.74) is 4.41. The number of aromatic nitrogens is 6. The van der Waals surface area contributed by atoms with Gasteiger partial charge in [0.15, 0.2) is 22.0 Å². The second kappa shape index (κ2) is 18.2. The average Bonchev–Trinajstić information content (AvgIpc) is 4.09. The Labute approximate surface area is 350 Å². The van der Waals surface area contributed by atoms with E-state index in [0.717, 1.165) is 42.8 Å². The Kier molecular flexibility index (Phi) is 12.2. The van der Waals surface area contributed by atoms with Crippen molar-refractivity contribution in [1.82, 2.24) is 29.5 Å². The van der Waals surface area contributed by atoms with Crippen molar-refractivity contribution in [1.29, 1.82) is 0 Å². The maximum Gasteiger partial charge on any atom is 0.234 e. The van der Waals surface area contributed by atoms with Crippen LogP contribution in [0.5, 0.6) is 0 Å². The number of hydrogen-bond acceptors (Lipinski definition) is 10. The van der Waals surface area contributed by atoms with Crippen LogP contribution in [0, 0.1) is 5.82 Å². The van der Waals surface area contributed by atoms with Crippen molar-refractivity contribution in [3.63, 3.8) is 0 Å². The molecule has 0 aliphatic heterocycles. The van der Waals surface area contributed by atoms with Crippen LogP contribution in [0.25, 0.3) is 31.8 Å². The minimum atomic E-state index is -0.298. The molecule has 0 aliphatic carbocycles. The van der Waals surface area contributed by atoms with Gasteiger partial charge in [-0.2, -0.15) is 0 Å². The molecule has 58 heavy (non-hydrogen) atoms. The molecule has 4 heterocycles. The normalized spacial score (nSPS) is 11.7. The lowest BCUT2D eigenvalue weighted by Crippen LogP contribution is -2.15. The predicted octanol–water partition coefficient (Wildman–Crippen LogP) is 10.3. The van der Waals surface area contributed by atoms with Crippen LogP contribution in [0.1, 0.15) is 24.1 Å². The number of thiophene rings is 2. The zero-order valence-corrected chi connectivity index (χ0v) is 34.3. The van der Waals surface area contributed by atoms with Gasteiger partial charge in [-0.25, -0.2) is 4.39 Å². The van der Waals surface area contributed by atoms with E-state index in [2.05, 4.69) is 60.7 Å². The number of nitrogens with one attached hydrogen (secondary N) is 2. The Morgan fingerprint density at radius 3 is 1.97 bits per heavy atom. The van der Waals surface area contributed by atoms with Crippen molar-refractivity contribution in [2.45, 2.75) is 29.8 Å². The number of carbonyl (C=O) groups is 2. The van der Waals surface area contributed by atoms with E-state index in [4.69, 9.17) is 0 Å². The van der Waals surface area contributed by atoms with E-state index in [1.54, 1.807) is 34.8 Å². The summed E-state index contributed by atoms with van der Waals surface area (Å²) in [6.07, 6.45) is 0. The second-order valence-corrected chi connectivity index (χ2v) is 17.0. The fourth-order valence-electron chi connectivity index (χ4n) is 6.18. The van der Waals surface area contributed by atoms with E-state index in [0.29, 0.717) is 28.4 Å². The molecule has 290 valence electrons. The first kappa shape index (κ1) is 39.0. The molecule has 1 atom stereocenters. The average molecular weight is 843 g/mol. The molecule has 4 aromatic carbocycles. The molecule has 0 spiro atoms. The van der Waals surface area contributed by atoms with E-state index in [-0.39, 0.29) is 35.2 Å². The lowest BCUT2D eigenvalue weighted by molar-refractivity contribution is -0.114. The first-order valence-corrected chi connectivity index (χ1v) is 21.9. The summed E-state index contributed by atoms with van der Waals surface area (Å²) >= 11 is 5.81. The molecular weight excluding hydrogens is 808 g/mol. The number of benzene rings is 4. The van der Waals surface area contributed by atoms with Gasteiger partial charge in [-0.1, -0.05) is 102 Å². The number of halogens is 1. The van der Waals surface area contributed by atoms with Gasteiger partial charge in [0.05, 0.1) is 33.8 Å². The topological polar surface area (TPSA) is 120 Å². The molecule has 8 rings (SSSR count). The summed E-state index contributed by atoms with van der Waals surface area (Å²) in [6, 6.07) is 41.6. The van der Waals surface area contributed by atoms with Crippen molar-refractivity contribution in [3.8, 4) is 31.8 Å². The fraction of sp³-hybridized carbons (Fsp3) is 0.116. The highest BCUT2D eigenvalue weighted by atomic mass is 32.2. The Morgan fingerprint density at radius 2 is 1.28 bits per heavy atom. The van der Waals surface area contributed by atoms with E-state index >= 15 is 0 Å². The minimum Gasteiger partial charge on any atom is -0.325 e. The Bertz CT molecular complexity index is 2610. The first-order valence-electron chi connectivity index (χ1n) is 18.2. The van der Waals surface area contributed by atoms with Crippen molar-refractivity contribution in [2.24, 2.45) is 0 Å². The van der Waals surface area contributed by atoms with Crippen molar-refractivity contribution >= 4 is 69.4 Å². The fourth-order valence-corrected chi connectivity index (χ4v) is 9.44. The molecule has 0 saturated heterocycles. The summed E-state index contributed by atoms with van der Waals surface area (Å²) < 4.78 is 17.6. The number of hydrogen-bond donors (Lipinski definition) is 2. The van der Waals surface area contributed by atoms with Crippen LogP contribution in [0.2, 0.25) is 0 Å². The number of nitrogens with zero attached hydrogens (tertiary/aromatic N) is 6. The van der Waals surface area contributed by atoms with Crippen LogP contribution < -0.4 is 10.6 Å². The van der Waals surface area contributed by atoms with Crippen LogP contribution >= 0.6 is 46.2 Å². The maximum atomic E-state index is 13.6. The van der Waals surface area contributed by atoms with Gasteiger partial charge in [-0.3, -0.25) is 18.7 Å². The SMILES string of the molecule is CC(c1ccccc1)n1c(SCC(=O)Nc2ccccc2)nnc1-c1ccc(-c2ccc(NC(=O)CSc3nnc(-c4cccs4)n3Cc3ccc(F)cc3)cc2)s1. The van der Waals surface area contributed by atoms with Crippen LogP contribution in [-0.4, -0.2) is 52.8 Å². The van der Waals surface area contributed by atoms with Gasteiger partial charge in [-0.05, 0) is 83.6 Å². The summed E-state index contributed by atoms with van der Waals surface area (Å²) in [7, 11) is 0. The monoisotopic (exact) mass is 842 g/mol. The van der Waals surface area contributed by atoms with Gasteiger partial charge in [0.2, 0.25) is 11.8 Å². The highest BCUT2D eigenvalue weighted by molar-refractivity contribution is 8.00. The van der Waals surface area contributed by atoms with Crippen LogP contribution in [0.3, 0.4) is 0 Å². The van der Waals surface area contributed by atoms with Gasteiger partial charge in [0.1, 0.15) is 5.82 Å². The smallest absolute Gasteiger partial charge is 0.234 e. The van der Waals surface area contributed by atoms with Gasteiger partial charge in [-0.15, -0.1) is 43.1 Å². The first-order chi connectivity index (χ1) is 28.4. The molecule has 8 aromatic rings. The third-order valence-electron chi connectivity index (χ3n) is 9.05. The number of thioether (sulfide) groups is 2. The quantitative estimate of drug-likeness (QED) is 0.0980. The van der Waals surface area contributed by atoms with Gasteiger partial charge in [0.25, 0.3) is 0 Å². The molecule has 0 saturated carbocycles. The molecular formula is C43H35FN8O2S4. The molecule has 10 nitrogen and oxygen atoms in total. The lowest BCUT2D eigenvalue weighted by atomic mass is 10.1. The van der Waals surface area contributed by atoms with Crippen molar-refractivity contribution < 1.29 is 14.0 Å². The summed E-state index contributed by atoms with van der Waals surface area (Å²) in [5, 5.41) is 27.2. The lowest BCUT2D eigenvalue weighted by Gasteiger charge is -2.18. The van der Waals surface area contributed by atoms with Crippen molar-refractivity contribution in [3.05, 3.63) is 156 Å². The second-order valence-electron chi connectivity index (χ2n) is 13.0. The predicted molar refractivity (Wildman–Crippen MR) is 233 cm³/mol. The summed E-state index contributed by atoms with van der Waals surface area (Å²) in [6.45, 7) is 2.55. The molecule has 0 radical (unpaired) electrons. The van der Waals surface area contributed by atoms with Crippen LogP contribution in [-0.2, 0) is 16.1 Å². The molecule has 15 heteroatoms. The van der Waals surface area contributed by atoms with Crippen molar-refractivity contribution in [2.75, 3.05) is 22.1 Å². The van der Waals surface area contributed by atoms with Gasteiger partial charge in [0, 0.05) is 16.3 Å². The molecule has 0 bridgehead atoms. The minimum absolute atomic E-state index is 0.0910. The molecule has 0 aliphatic rings. The number of rotatable bonds is 15. The number of para-hydroxylation sites is 1. The highest BCUT2D eigenvalue weighted by Gasteiger charge is 2.23. The van der Waals surface area contributed by atoms with Crippen LogP contribution in [0.4, 0.5) is 15.8 Å². The number of anilines is 2. The third-order valence-corrected chi connectivity index (χ3v) is 13.0. The number of amides is 2. The number of carbonyl (C=O) groups excluding carboxylic acids is 2. The van der Waals surface area contributed by atoms with E-state index in [1.807, 2.05) is 101 Å². The van der Waals surface area contributed by atoms with E-state index < -0.39 is 0 Å². The maximum absolute atomic E-state index is 13.6. The largest absolute Gasteiger partial charge is 0.325 e. The molecule has 2 amide bonds. The Hall–Kier alpha value is -5.87. The zero-order valence-electron chi connectivity index (χ0n) is 31.0. The molecule has 2 N–H and O–H groups in total. The highest BCUT2D eigenvalue weighted by Crippen LogP contribution is 2.38. The van der Waals surface area contributed by atoms with E-state index in [9.17, 15) is 14.0 Å². The Morgan fingerprint density at radius 1 is 0.655 bits per heavy atom.